The third-order valence-corrected chi connectivity index (χ3v) is 2.95. The van der Waals surface area contributed by atoms with E-state index >= 15 is 0 Å². The van der Waals surface area contributed by atoms with E-state index in [4.69, 9.17) is 9.47 Å². The van der Waals surface area contributed by atoms with Crippen LogP contribution in [0.15, 0.2) is 12.3 Å². The average Bonchev–Trinajstić information content (AvgIpc) is 2.83. The summed E-state index contributed by atoms with van der Waals surface area (Å²) in [6.45, 7) is 9.66. The molecule has 114 valence electrons. The standard InChI is InChI=1S/C14H24N2O4/c1-6-14(5,9-17)10-19-11-7-8-16(15-11)12(18)20-13(2,3)4/h7-8,17H,6,9-10H2,1-5H3. The highest BCUT2D eigenvalue weighted by Crippen LogP contribution is 2.21. The number of aliphatic hydroxyl groups excluding tert-OH is 1. The number of carbonyl (C=O) groups excluding carboxylic acids is 1. The van der Waals surface area contributed by atoms with Crippen molar-refractivity contribution in [2.24, 2.45) is 5.41 Å². The number of hydrogen-bond donors (Lipinski definition) is 1. The maximum Gasteiger partial charge on any atom is 0.435 e. The van der Waals surface area contributed by atoms with Crippen LogP contribution < -0.4 is 4.74 Å². The van der Waals surface area contributed by atoms with Gasteiger partial charge in [-0.05, 0) is 27.2 Å². The minimum Gasteiger partial charge on any atom is -0.476 e. The van der Waals surface area contributed by atoms with Crippen LogP contribution in [0.5, 0.6) is 5.88 Å². The van der Waals surface area contributed by atoms with Crippen LogP contribution in [0.1, 0.15) is 41.0 Å². The third-order valence-electron chi connectivity index (χ3n) is 2.95. The maximum atomic E-state index is 11.8. The van der Waals surface area contributed by atoms with Gasteiger partial charge in [-0.25, -0.2) is 4.79 Å². The largest absolute Gasteiger partial charge is 0.476 e. The fourth-order valence-corrected chi connectivity index (χ4v) is 1.30. The van der Waals surface area contributed by atoms with E-state index in [1.54, 1.807) is 26.8 Å². The van der Waals surface area contributed by atoms with Crippen LogP contribution in [0.3, 0.4) is 0 Å². The van der Waals surface area contributed by atoms with Crippen molar-refractivity contribution in [2.75, 3.05) is 13.2 Å². The van der Waals surface area contributed by atoms with Gasteiger partial charge in [0.05, 0.1) is 13.2 Å². The predicted octanol–water partition coefficient (Wildman–Crippen LogP) is 2.45. The molecule has 1 unspecified atom stereocenters. The fraction of sp³-hybridized carbons (Fsp3) is 0.714. The molecule has 1 N–H and O–H groups in total. The van der Waals surface area contributed by atoms with Crippen LogP contribution in [-0.4, -0.2) is 39.8 Å². The number of hydrogen-bond acceptors (Lipinski definition) is 5. The lowest BCUT2D eigenvalue weighted by Gasteiger charge is -2.24. The van der Waals surface area contributed by atoms with Crippen LogP contribution >= 0.6 is 0 Å². The third kappa shape index (κ3) is 4.85. The lowest BCUT2D eigenvalue weighted by molar-refractivity contribution is 0.0504. The van der Waals surface area contributed by atoms with Crippen molar-refractivity contribution in [3.63, 3.8) is 0 Å². The molecule has 0 aliphatic carbocycles. The predicted molar refractivity (Wildman–Crippen MR) is 74.8 cm³/mol. The lowest BCUT2D eigenvalue weighted by Crippen LogP contribution is -2.29. The minimum atomic E-state index is -0.568. The van der Waals surface area contributed by atoms with Gasteiger partial charge >= 0.3 is 6.09 Å². The molecular formula is C14H24N2O4. The molecule has 6 heteroatoms. The van der Waals surface area contributed by atoms with Gasteiger partial charge in [0.1, 0.15) is 5.60 Å². The van der Waals surface area contributed by atoms with E-state index in [9.17, 15) is 9.90 Å². The maximum absolute atomic E-state index is 11.8. The van der Waals surface area contributed by atoms with Gasteiger partial charge in [-0.3, -0.25) is 0 Å². The monoisotopic (exact) mass is 284 g/mol. The molecule has 1 rings (SSSR count). The van der Waals surface area contributed by atoms with Crippen molar-refractivity contribution in [3.05, 3.63) is 12.3 Å². The van der Waals surface area contributed by atoms with Gasteiger partial charge in [0.15, 0.2) is 0 Å². The normalized spacial score (nSPS) is 14.7. The zero-order valence-electron chi connectivity index (χ0n) is 12.8. The van der Waals surface area contributed by atoms with Crippen molar-refractivity contribution < 1.29 is 19.4 Å². The van der Waals surface area contributed by atoms with E-state index in [-0.39, 0.29) is 12.0 Å². The Labute approximate surface area is 119 Å². The number of aromatic nitrogens is 2. The summed E-state index contributed by atoms with van der Waals surface area (Å²) >= 11 is 0. The van der Waals surface area contributed by atoms with Crippen molar-refractivity contribution in [3.8, 4) is 5.88 Å². The van der Waals surface area contributed by atoms with E-state index < -0.39 is 11.7 Å². The first-order valence-corrected chi connectivity index (χ1v) is 6.72. The molecule has 6 nitrogen and oxygen atoms in total. The molecule has 0 aliphatic rings. The van der Waals surface area contributed by atoms with Crippen molar-refractivity contribution in [2.45, 2.75) is 46.6 Å². The summed E-state index contributed by atoms with van der Waals surface area (Å²) in [6.07, 6.45) is 1.73. The summed E-state index contributed by atoms with van der Waals surface area (Å²) in [6, 6.07) is 1.59. The molecule has 20 heavy (non-hydrogen) atoms. The van der Waals surface area contributed by atoms with Crippen LogP contribution in [-0.2, 0) is 4.74 Å². The second kappa shape index (κ2) is 6.26. The average molecular weight is 284 g/mol. The molecule has 0 amide bonds. The SMILES string of the molecule is CCC(C)(CO)COc1ccn(C(=O)OC(C)(C)C)n1. The first-order chi connectivity index (χ1) is 9.19. The second-order valence-electron chi connectivity index (χ2n) is 6.19. The number of nitrogens with zero attached hydrogens (tertiary/aromatic N) is 2. The van der Waals surface area contributed by atoms with Crippen LogP contribution in [0.2, 0.25) is 0 Å². The Bertz CT molecular complexity index is 444. The Kier molecular flexibility index (Phi) is 5.16. The quantitative estimate of drug-likeness (QED) is 0.899. The highest BCUT2D eigenvalue weighted by molar-refractivity contribution is 5.69. The summed E-state index contributed by atoms with van der Waals surface area (Å²) < 4.78 is 11.8. The topological polar surface area (TPSA) is 73.6 Å². The molecule has 1 aromatic heterocycles. The van der Waals surface area contributed by atoms with Gasteiger partial charge in [-0.15, -0.1) is 5.10 Å². The molecule has 0 bridgehead atoms. The Morgan fingerprint density at radius 1 is 1.40 bits per heavy atom. The summed E-state index contributed by atoms with van der Waals surface area (Å²) in [5, 5.41) is 13.3. The number of carbonyl (C=O) groups is 1. The minimum absolute atomic E-state index is 0.0380. The first kappa shape index (κ1) is 16.5. The number of ether oxygens (including phenoxy) is 2. The smallest absolute Gasteiger partial charge is 0.435 e. The van der Waals surface area contributed by atoms with Gasteiger partial charge in [-0.1, -0.05) is 13.8 Å². The molecule has 0 fully saturated rings. The lowest BCUT2D eigenvalue weighted by atomic mass is 9.90. The molecule has 0 spiro atoms. The van der Waals surface area contributed by atoms with Gasteiger partial charge in [0.2, 0.25) is 5.88 Å². The van der Waals surface area contributed by atoms with Crippen molar-refractivity contribution in [1.82, 2.24) is 9.78 Å². The molecule has 0 saturated carbocycles. The molecule has 1 atom stereocenters. The Balaban J connectivity index is 2.62. The summed E-state index contributed by atoms with van der Waals surface area (Å²) in [5.41, 5.74) is -0.878. The molecule has 0 saturated heterocycles. The number of aliphatic hydroxyl groups is 1. The molecular weight excluding hydrogens is 260 g/mol. The van der Waals surface area contributed by atoms with Gasteiger partial charge in [0.25, 0.3) is 0 Å². The van der Waals surface area contributed by atoms with Gasteiger partial charge in [0, 0.05) is 17.7 Å². The van der Waals surface area contributed by atoms with Crippen LogP contribution in [0.4, 0.5) is 4.79 Å². The van der Waals surface area contributed by atoms with Gasteiger partial charge < -0.3 is 14.6 Å². The Morgan fingerprint density at radius 2 is 2.05 bits per heavy atom. The first-order valence-electron chi connectivity index (χ1n) is 6.72. The van der Waals surface area contributed by atoms with E-state index in [1.807, 2.05) is 13.8 Å². The summed E-state index contributed by atoms with van der Waals surface area (Å²) in [4.78, 5) is 11.8. The van der Waals surface area contributed by atoms with Crippen LogP contribution in [0, 0.1) is 5.41 Å². The summed E-state index contributed by atoms with van der Waals surface area (Å²) in [5.74, 6) is 0.337. The molecule has 0 aromatic carbocycles. The zero-order chi connectivity index (χ0) is 15.4. The van der Waals surface area contributed by atoms with Crippen molar-refractivity contribution >= 4 is 6.09 Å². The second-order valence-corrected chi connectivity index (χ2v) is 6.19. The highest BCUT2D eigenvalue weighted by Gasteiger charge is 2.23. The van der Waals surface area contributed by atoms with E-state index in [1.165, 1.54) is 6.20 Å². The van der Waals surface area contributed by atoms with E-state index in [2.05, 4.69) is 5.10 Å². The number of rotatable bonds is 5. The summed E-state index contributed by atoms with van der Waals surface area (Å²) in [7, 11) is 0. The zero-order valence-corrected chi connectivity index (χ0v) is 12.8. The highest BCUT2D eigenvalue weighted by atomic mass is 16.6. The van der Waals surface area contributed by atoms with Crippen molar-refractivity contribution in [1.29, 1.82) is 0 Å². The molecule has 0 radical (unpaired) electrons. The molecule has 0 aliphatic heterocycles. The molecule has 1 heterocycles. The Morgan fingerprint density at radius 3 is 2.55 bits per heavy atom. The van der Waals surface area contributed by atoms with Gasteiger partial charge in [-0.2, -0.15) is 4.68 Å². The van der Waals surface area contributed by atoms with Crippen LogP contribution in [0.25, 0.3) is 0 Å². The molecule has 1 aromatic rings. The van der Waals surface area contributed by atoms with E-state index in [0.717, 1.165) is 11.1 Å². The Hall–Kier alpha value is -1.56. The fourth-order valence-electron chi connectivity index (χ4n) is 1.30. The van der Waals surface area contributed by atoms with E-state index in [0.29, 0.717) is 12.5 Å².